The van der Waals surface area contributed by atoms with Crippen molar-refractivity contribution in [2.75, 3.05) is 18.5 Å². The Morgan fingerprint density at radius 2 is 1.77 bits per heavy atom. The van der Waals surface area contributed by atoms with Crippen molar-refractivity contribution in [3.8, 4) is 22.8 Å². The van der Waals surface area contributed by atoms with Gasteiger partial charge in [-0.25, -0.2) is 4.98 Å². The Morgan fingerprint density at radius 3 is 2.51 bits per heavy atom. The lowest BCUT2D eigenvalue weighted by molar-refractivity contribution is -0.274. The predicted octanol–water partition coefficient (Wildman–Crippen LogP) is 6.25. The number of ether oxygens (including phenoxy) is 2. The van der Waals surface area contributed by atoms with Crippen molar-refractivity contribution in [2.45, 2.75) is 25.2 Å². The van der Waals surface area contributed by atoms with Gasteiger partial charge in [0, 0.05) is 25.1 Å². The van der Waals surface area contributed by atoms with E-state index in [0.29, 0.717) is 24.6 Å². The lowest BCUT2D eigenvalue weighted by Crippen LogP contribution is -2.23. The van der Waals surface area contributed by atoms with E-state index in [0.717, 1.165) is 46.3 Å². The van der Waals surface area contributed by atoms with Gasteiger partial charge in [0.1, 0.15) is 5.75 Å². The summed E-state index contributed by atoms with van der Waals surface area (Å²) in [6.45, 7) is 1.32. The van der Waals surface area contributed by atoms with Crippen LogP contribution in [0.5, 0.6) is 5.75 Å². The maximum absolute atomic E-state index is 12.7. The first kappa shape index (κ1) is 24.9. The lowest BCUT2D eigenvalue weighted by atomic mass is 10.1. The monoisotopic (exact) mass is 531 g/mol. The van der Waals surface area contributed by atoms with Gasteiger partial charge in [0.15, 0.2) is 0 Å². The van der Waals surface area contributed by atoms with Crippen LogP contribution in [0.2, 0.25) is 0 Å². The van der Waals surface area contributed by atoms with Crippen LogP contribution in [0.25, 0.3) is 28.1 Å². The van der Waals surface area contributed by atoms with E-state index in [2.05, 4.69) is 15.0 Å². The first-order chi connectivity index (χ1) is 18.9. The summed E-state index contributed by atoms with van der Waals surface area (Å²) in [6, 6.07) is 21.3. The molecule has 0 amide bonds. The van der Waals surface area contributed by atoms with Crippen molar-refractivity contribution < 1.29 is 22.6 Å². The fourth-order valence-electron chi connectivity index (χ4n) is 4.73. The molecule has 0 radical (unpaired) electrons. The summed E-state index contributed by atoms with van der Waals surface area (Å²) >= 11 is 0. The molecule has 0 atom stereocenters. The molecule has 1 saturated heterocycles. The van der Waals surface area contributed by atoms with Crippen molar-refractivity contribution in [3.05, 3.63) is 90.5 Å². The smallest absolute Gasteiger partial charge is 0.406 e. The molecule has 0 bridgehead atoms. The number of anilines is 2. The zero-order valence-electron chi connectivity index (χ0n) is 20.7. The van der Waals surface area contributed by atoms with Crippen LogP contribution in [0.1, 0.15) is 12.8 Å². The van der Waals surface area contributed by atoms with Gasteiger partial charge in [-0.3, -0.25) is 9.98 Å². The van der Waals surface area contributed by atoms with Crippen molar-refractivity contribution in [2.24, 2.45) is 4.99 Å². The van der Waals surface area contributed by atoms with E-state index < -0.39 is 6.36 Å². The third kappa shape index (κ3) is 5.56. The molecule has 3 aliphatic rings. The number of rotatable bonds is 5. The molecule has 3 heterocycles. The second-order valence-electron chi connectivity index (χ2n) is 9.18. The molecule has 1 aromatic heterocycles. The van der Waals surface area contributed by atoms with E-state index >= 15 is 0 Å². The van der Waals surface area contributed by atoms with Crippen LogP contribution in [0.15, 0.2) is 90.2 Å². The van der Waals surface area contributed by atoms with Gasteiger partial charge in [0.2, 0.25) is 0 Å². The highest BCUT2D eigenvalue weighted by atomic mass is 19.4. The molecule has 3 aromatic rings. The van der Waals surface area contributed by atoms with E-state index in [1.807, 2.05) is 53.1 Å². The highest BCUT2D eigenvalue weighted by Gasteiger charge is 2.31. The van der Waals surface area contributed by atoms with Gasteiger partial charge in [-0.05, 0) is 73.5 Å². The third-order valence-corrected chi connectivity index (χ3v) is 6.48. The Bertz CT molecular complexity index is 1630. The maximum Gasteiger partial charge on any atom is 0.573 e. The van der Waals surface area contributed by atoms with Gasteiger partial charge in [-0.15, -0.1) is 13.2 Å². The first-order valence-electron chi connectivity index (χ1n) is 12.5. The molecule has 10 heteroatoms. The molecular weight excluding hydrogens is 507 g/mol. The molecule has 6 rings (SSSR count). The molecule has 1 aliphatic carbocycles. The molecule has 7 nitrogen and oxygen atoms in total. The number of fused-ring (bicyclic) bond motifs is 2. The number of halogens is 3. The average molecular weight is 532 g/mol. The van der Waals surface area contributed by atoms with E-state index in [-0.39, 0.29) is 11.8 Å². The minimum absolute atomic E-state index is 0.103. The Morgan fingerprint density at radius 1 is 0.974 bits per heavy atom. The van der Waals surface area contributed by atoms with Crippen LogP contribution < -0.4 is 15.4 Å². The van der Waals surface area contributed by atoms with Crippen molar-refractivity contribution in [1.82, 2.24) is 14.5 Å². The number of nitrogens with zero attached hydrogens (tertiary/aromatic N) is 4. The standard InChI is InChI=1S/C29H24F3N5O2/c30-29(31,32)39-22-9-7-21(8-10-22)37-27-6-2-1-5-23(27)36-26-16-24(35-20-4-3-13-33-18-20)25(17-28(26)37)34-19-11-14-38-15-12-19/h1-10,13,16-19,35H,11-12,14-15H2/b34-25+. The highest BCUT2D eigenvalue weighted by molar-refractivity contribution is 5.84. The first-order valence-corrected chi connectivity index (χ1v) is 12.5. The summed E-state index contributed by atoms with van der Waals surface area (Å²) in [7, 11) is 0. The molecule has 0 saturated carbocycles. The molecule has 0 spiro atoms. The van der Waals surface area contributed by atoms with E-state index in [9.17, 15) is 13.2 Å². The third-order valence-electron chi connectivity index (χ3n) is 6.48. The van der Waals surface area contributed by atoms with E-state index in [4.69, 9.17) is 14.7 Å². The molecular formula is C29H24F3N5O2. The van der Waals surface area contributed by atoms with Gasteiger partial charge in [-0.1, -0.05) is 12.1 Å². The summed E-state index contributed by atoms with van der Waals surface area (Å²) in [5.74, 6) is -0.285. The van der Waals surface area contributed by atoms with Crippen LogP contribution in [0, 0.1) is 0 Å². The van der Waals surface area contributed by atoms with Gasteiger partial charge in [-0.2, -0.15) is 0 Å². The lowest BCUT2D eigenvalue weighted by Gasteiger charge is -2.22. The topological polar surface area (TPSA) is 73.6 Å². The van der Waals surface area contributed by atoms with E-state index in [1.54, 1.807) is 24.5 Å². The summed E-state index contributed by atoms with van der Waals surface area (Å²) in [4.78, 5) is 14.2. The minimum atomic E-state index is -4.76. The minimum Gasteiger partial charge on any atom is -0.406 e. The number of hydrogen-bond donors (Lipinski definition) is 1. The molecule has 1 fully saturated rings. The fraction of sp³-hybridized carbons (Fsp3) is 0.207. The van der Waals surface area contributed by atoms with Crippen LogP contribution in [-0.2, 0) is 4.74 Å². The van der Waals surface area contributed by atoms with Gasteiger partial charge < -0.3 is 19.4 Å². The maximum atomic E-state index is 12.7. The van der Waals surface area contributed by atoms with Gasteiger partial charge in [0.05, 0.1) is 51.4 Å². The zero-order valence-corrected chi connectivity index (χ0v) is 20.7. The molecule has 39 heavy (non-hydrogen) atoms. The van der Waals surface area contributed by atoms with Crippen LogP contribution in [0.3, 0.4) is 0 Å². The van der Waals surface area contributed by atoms with Crippen molar-refractivity contribution in [1.29, 1.82) is 0 Å². The number of aromatic nitrogens is 3. The highest BCUT2D eigenvalue weighted by Crippen LogP contribution is 2.32. The van der Waals surface area contributed by atoms with Crippen LogP contribution in [-0.4, -0.2) is 40.2 Å². The molecule has 2 aromatic carbocycles. The Hall–Kier alpha value is -4.44. The molecule has 1 N–H and O–H groups in total. The number of para-hydroxylation sites is 2. The van der Waals surface area contributed by atoms with Crippen LogP contribution >= 0.6 is 0 Å². The zero-order chi connectivity index (χ0) is 26.8. The Kier molecular flexibility index (Phi) is 6.62. The molecule has 198 valence electrons. The average Bonchev–Trinajstić information content (AvgIpc) is 2.93. The normalized spacial score (nSPS) is 15.1. The predicted molar refractivity (Wildman–Crippen MR) is 141 cm³/mol. The summed E-state index contributed by atoms with van der Waals surface area (Å²) in [6.07, 6.45) is 0.326. The second kappa shape index (κ2) is 10.4. The summed E-state index contributed by atoms with van der Waals surface area (Å²) in [5.41, 5.74) is 5.27. The van der Waals surface area contributed by atoms with Gasteiger partial charge >= 0.3 is 6.36 Å². The van der Waals surface area contributed by atoms with Crippen molar-refractivity contribution in [3.63, 3.8) is 0 Å². The SMILES string of the molecule is FC(F)(F)Oc1ccc(-n2c3c/c(=N\C4CCOCC4)c(Nc4cccnc4)cc-3nc3ccccc32)cc1. The molecule has 0 unspecified atom stereocenters. The summed E-state index contributed by atoms with van der Waals surface area (Å²) < 4.78 is 49.8. The molecule has 2 aliphatic heterocycles. The number of benzene rings is 3. The number of alkyl halides is 3. The number of hydrogen-bond acceptors (Lipinski definition) is 6. The summed E-state index contributed by atoms with van der Waals surface area (Å²) in [5, 5.41) is 4.18. The second-order valence-corrected chi connectivity index (χ2v) is 9.18. The van der Waals surface area contributed by atoms with Gasteiger partial charge in [0.25, 0.3) is 0 Å². The fourth-order valence-corrected chi connectivity index (χ4v) is 4.73. The van der Waals surface area contributed by atoms with E-state index in [1.165, 1.54) is 12.1 Å². The Labute approximate surface area is 221 Å². The quantitative estimate of drug-likeness (QED) is 0.272. The number of pyridine rings is 1. The van der Waals surface area contributed by atoms with Crippen LogP contribution in [0.4, 0.5) is 24.5 Å². The number of nitrogens with one attached hydrogen (secondary N) is 1. The largest absolute Gasteiger partial charge is 0.573 e. The Balaban J connectivity index is 1.56. The van der Waals surface area contributed by atoms with Crippen molar-refractivity contribution >= 4 is 22.4 Å².